The van der Waals surface area contributed by atoms with Crippen molar-refractivity contribution in [2.45, 2.75) is 38.5 Å². The molecule has 0 aliphatic heterocycles. The SMILES string of the molecule is CNCc1cc(Cl)cc(OC)c1OC(C)C(=O)NC1CC1. The summed E-state index contributed by atoms with van der Waals surface area (Å²) in [5, 5.41) is 6.55. The van der Waals surface area contributed by atoms with E-state index in [1.165, 1.54) is 0 Å². The van der Waals surface area contributed by atoms with Gasteiger partial charge in [-0.05, 0) is 32.9 Å². The molecule has 1 amide bonds. The van der Waals surface area contributed by atoms with Gasteiger partial charge in [-0.25, -0.2) is 0 Å². The van der Waals surface area contributed by atoms with Crippen LogP contribution in [0.25, 0.3) is 0 Å². The van der Waals surface area contributed by atoms with Gasteiger partial charge in [0.1, 0.15) is 0 Å². The van der Waals surface area contributed by atoms with Gasteiger partial charge < -0.3 is 20.1 Å². The van der Waals surface area contributed by atoms with E-state index in [-0.39, 0.29) is 5.91 Å². The highest BCUT2D eigenvalue weighted by atomic mass is 35.5. The van der Waals surface area contributed by atoms with E-state index in [0.717, 1.165) is 18.4 Å². The lowest BCUT2D eigenvalue weighted by Crippen LogP contribution is -2.37. The Morgan fingerprint density at radius 1 is 1.48 bits per heavy atom. The van der Waals surface area contributed by atoms with Crippen molar-refractivity contribution >= 4 is 17.5 Å². The van der Waals surface area contributed by atoms with E-state index in [0.29, 0.717) is 29.1 Å². The Hall–Kier alpha value is -1.46. The summed E-state index contributed by atoms with van der Waals surface area (Å²) >= 11 is 6.07. The summed E-state index contributed by atoms with van der Waals surface area (Å²) in [4.78, 5) is 12.0. The van der Waals surface area contributed by atoms with E-state index in [2.05, 4.69) is 10.6 Å². The fourth-order valence-electron chi connectivity index (χ4n) is 2.01. The first-order chi connectivity index (χ1) is 10.0. The molecule has 1 aliphatic carbocycles. The summed E-state index contributed by atoms with van der Waals surface area (Å²) < 4.78 is 11.1. The lowest BCUT2D eigenvalue weighted by atomic mass is 10.1. The topological polar surface area (TPSA) is 59.6 Å². The molecule has 5 nitrogen and oxygen atoms in total. The number of halogens is 1. The maximum Gasteiger partial charge on any atom is 0.260 e. The first kappa shape index (κ1) is 15.9. The molecule has 1 aromatic carbocycles. The molecule has 1 aromatic rings. The minimum atomic E-state index is -0.587. The van der Waals surface area contributed by atoms with E-state index in [1.807, 2.05) is 7.05 Å². The van der Waals surface area contributed by atoms with Crippen LogP contribution in [0.3, 0.4) is 0 Å². The lowest BCUT2D eigenvalue weighted by Gasteiger charge is -2.20. The first-order valence-corrected chi connectivity index (χ1v) is 7.41. The minimum Gasteiger partial charge on any atom is -0.493 e. The number of methoxy groups -OCH3 is 1. The van der Waals surface area contributed by atoms with Crippen LogP contribution in [0.2, 0.25) is 5.02 Å². The molecule has 1 atom stereocenters. The molecule has 0 radical (unpaired) electrons. The molecular weight excluding hydrogens is 292 g/mol. The van der Waals surface area contributed by atoms with E-state index in [9.17, 15) is 4.79 Å². The fourth-order valence-corrected chi connectivity index (χ4v) is 2.24. The van der Waals surface area contributed by atoms with Gasteiger partial charge in [0.05, 0.1) is 7.11 Å². The average Bonchev–Trinajstić information content (AvgIpc) is 3.25. The van der Waals surface area contributed by atoms with Gasteiger partial charge in [0.2, 0.25) is 0 Å². The number of benzene rings is 1. The molecule has 116 valence electrons. The maximum atomic E-state index is 12.0. The van der Waals surface area contributed by atoms with Crippen molar-refractivity contribution in [1.82, 2.24) is 10.6 Å². The van der Waals surface area contributed by atoms with Crippen LogP contribution >= 0.6 is 11.6 Å². The number of amides is 1. The molecule has 0 spiro atoms. The second-order valence-electron chi connectivity index (χ2n) is 5.17. The fraction of sp³-hybridized carbons (Fsp3) is 0.533. The van der Waals surface area contributed by atoms with Crippen molar-refractivity contribution in [2.75, 3.05) is 14.2 Å². The van der Waals surface area contributed by atoms with Gasteiger partial charge in [0.25, 0.3) is 5.91 Å². The molecule has 2 N–H and O–H groups in total. The van der Waals surface area contributed by atoms with E-state index in [1.54, 1.807) is 26.2 Å². The van der Waals surface area contributed by atoms with Crippen molar-refractivity contribution in [2.24, 2.45) is 0 Å². The van der Waals surface area contributed by atoms with E-state index < -0.39 is 6.10 Å². The maximum absolute atomic E-state index is 12.0. The third-order valence-corrected chi connectivity index (χ3v) is 3.49. The minimum absolute atomic E-state index is 0.107. The van der Waals surface area contributed by atoms with Crippen molar-refractivity contribution < 1.29 is 14.3 Å². The van der Waals surface area contributed by atoms with Gasteiger partial charge in [-0.1, -0.05) is 11.6 Å². The van der Waals surface area contributed by atoms with Crippen LogP contribution in [0.1, 0.15) is 25.3 Å². The highest BCUT2D eigenvalue weighted by molar-refractivity contribution is 6.30. The number of carbonyl (C=O) groups is 1. The molecule has 1 saturated carbocycles. The standard InChI is InChI=1S/C15H21ClN2O3/c1-9(15(19)18-12-4-5-12)21-14-10(8-17-2)6-11(16)7-13(14)20-3/h6-7,9,12,17H,4-5,8H2,1-3H3,(H,18,19). The molecule has 0 aromatic heterocycles. The molecule has 2 rings (SSSR count). The Balaban J connectivity index is 2.17. The Bertz CT molecular complexity index is 518. The molecule has 6 heteroatoms. The second kappa shape index (κ2) is 7.00. The zero-order chi connectivity index (χ0) is 15.4. The summed E-state index contributed by atoms with van der Waals surface area (Å²) in [5.41, 5.74) is 0.855. The average molecular weight is 313 g/mol. The van der Waals surface area contributed by atoms with Crippen LogP contribution < -0.4 is 20.1 Å². The van der Waals surface area contributed by atoms with Crippen LogP contribution in [0.15, 0.2) is 12.1 Å². The predicted molar refractivity (Wildman–Crippen MR) is 82.0 cm³/mol. The lowest BCUT2D eigenvalue weighted by molar-refractivity contribution is -0.127. The first-order valence-electron chi connectivity index (χ1n) is 7.03. The van der Waals surface area contributed by atoms with Crippen molar-refractivity contribution in [1.29, 1.82) is 0 Å². The van der Waals surface area contributed by atoms with Crippen molar-refractivity contribution in [3.05, 3.63) is 22.7 Å². The van der Waals surface area contributed by atoms with Crippen molar-refractivity contribution in [3.63, 3.8) is 0 Å². The molecule has 1 aliphatic rings. The van der Waals surface area contributed by atoms with Gasteiger partial charge in [-0.2, -0.15) is 0 Å². The van der Waals surface area contributed by atoms with Gasteiger partial charge in [0, 0.05) is 29.2 Å². The second-order valence-corrected chi connectivity index (χ2v) is 5.61. The Kier molecular flexibility index (Phi) is 5.31. The third kappa shape index (κ3) is 4.25. The normalized spacial score (nSPS) is 15.4. The summed E-state index contributed by atoms with van der Waals surface area (Å²) in [6.45, 7) is 2.30. The Labute approximate surface area is 130 Å². The zero-order valence-electron chi connectivity index (χ0n) is 12.5. The smallest absolute Gasteiger partial charge is 0.260 e. The number of rotatable bonds is 7. The molecule has 0 saturated heterocycles. The van der Waals surface area contributed by atoms with Gasteiger partial charge >= 0.3 is 0 Å². The largest absolute Gasteiger partial charge is 0.493 e. The van der Waals surface area contributed by atoms with Gasteiger partial charge in [0.15, 0.2) is 17.6 Å². The van der Waals surface area contributed by atoms with Crippen LogP contribution in [0.4, 0.5) is 0 Å². The Morgan fingerprint density at radius 3 is 2.76 bits per heavy atom. The molecular formula is C15H21ClN2O3. The molecule has 0 bridgehead atoms. The van der Waals surface area contributed by atoms with Gasteiger partial charge in [-0.15, -0.1) is 0 Å². The van der Waals surface area contributed by atoms with Crippen LogP contribution in [0.5, 0.6) is 11.5 Å². The predicted octanol–water partition coefficient (Wildman–Crippen LogP) is 2.11. The molecule has 1 fully saturated rings. The number of hydrogen-bond donors (Lipinski definition) is 2. The number of nitrogens with one attached hydrogen (secondary N) is 2. The summed E-state index contributed by atoms with van der Waals surface area (Å²) in [7, 11) is 3.39. The van der Waals surface area contributed by atoms with Crippen molar-refractivity contribution in [3.8, 4) is 11.5 Å². The van der Waals surface area contributed by atoms with Crippen LogP contribution in [-0.2, 0) is 11.3 Å². The van der Waals surface area contributed by atoms with E-state index >= 15 is 0 Å². The summed E-state index contributed by atoms with van der Waals surface area (Å²) in [6.07, 6.45) is 1.51. The zero-order valence-corrected chi connectivity index (χ0v) is 13.3. The monoisotopic (exact) mass is 312 g/mol. The quantitative estimate of drug-likeness (QED) is 0.809. The van der Waals surface area contributed by atoms with Crippen LogP contribution in [-0.4, -0.2) is 32.2 Å². The molecule has 0 heterocycles. The molecule has 21 heavy (non-hydrogen) atoms. The number of carbonyl (C=O) groups excluding carboxylic acids is 1. The van der Waals surface area contributed by atoms with Gasteiger partial charge in [-0.3, -0.25) is 4.79 Å². The molecule has 1 unspecified atom stereocenters. The Morgan fingerprint density at radius 2 is 2.19 bits per heavy atom. The van der Waals surface area contributed by atoms with E-state index in [4.69, 9.17) is 21.1 Å². The number of hydrogen-bond acceptors (Lipinski definition) is 4. The highest BCUT2D eigenvalue weighted by Gasteiger charge is 2.27. The number of ether oxygens (including phenoxy) is 2. The summed E-state index contributed by atoms with van der Waals surface area (Å²) in [5.74, 6) is 0.971. The summed E-state index contributed by atoms with van der Waals surface area (Å²) in [6, 6.07) is 3.80. The third-order valence-electron chi connectivity index (χ3n) is 3.27. The van der Waals surface area contributed by atoms with Crippen LogP contribution in [0, 0.1) is 0 Å². The highest BCUT2D eigenvalue weighted by Crippen LogP contribution is 2.35.